The van der Waals surface area contributed by atoms with Crippen LogP contribution in [0.5, 0.6) is 0 Å². The first-order valence-corrected chi connectivity index (χ1v) is 7.52. The monoisotopic (exact) mass is 327 g/mol. The van der Waals surface area contributed by atoms with Crippen LogP contribution in [0.25, 0.3) is 5.76 Å². The van der Waals surface area contributed by atoms with Crippen molar-refractivity contribution in [3.05, 3.63) is 77.1 Å². The van der Waals surface area contributed by atoms with E-state index in [4.69, 9.17) is 4.74 Å². The lowest BCUT2D eigenvalue weighted by Crippen LogP contribution is -2.12. The minimum atomic E-state index is -0.755. The molecule has 0 bridgehead atoms. The van der Waals surface area contributed by atoms with E-state index in [2.05, 4.69) is 4.99 Å². The summed E-state index contributed by atoms with van der Waals surface area (Å²) >= 11 is 0. The lowest BCUT2D eigenvalue weighted by molar-refractivity contribution is -0.137. The van der Waals surface area contributed by atoms with Gasteiger partial charge < -0.3 is 9.84 Å². The number of hydrogen-bond donors (Lipinski definition) is 1. The molecule has 2 aromatic rings. The Morgan fingerprint density at radius 2 is 1.83 bits per heavy atom. The van der Waals surface area contributed by atoms with Crippen molar-refractivity contribution in [1.82, 2.24) is 0 Å². The van der Waals surface area contributed by atoms with E-state index >= 15 is 0 Å². The third-order valence-corrected chi connectivity index (χ3v) is 3.22. The molecule has 0 saturated carbocycles. The second kappa shape index (κ2) is 8.62. The summed E-state index contributed by atoms with van der Waals surface area (Å²) in [6.45, 7) is 2.12. The van der Waals surface area contributed by atoms with Crippen molar-refractivity contribution in [2.75, 3.05) is 6.61 Å². The predicted octanol–water partition coefficient (Wildman–Crippen LogP) is 3.93. The molecule has 2 rings (SSSR count). The van der Waals surface area contributed by atoms with Crippen molar-refractivity contribution in [2.24, 2.45) is 4.99 Å². The van der Waals surface area contributed by atoms with Crippen LogP contribution < -0.4 is 0 Å². The van der Waals surface area contributed by atoms with Gasteiger partial charge in [0.1, 0.15) is 17.1 Å². The van der Waals surface area contributed by atoms with E-state index in [1.807, 2.05) is 30.3 Å². The van der Waals surface area contributed by atoms with E-state index in [-0.39, 0.29) is 17.7 Å². The number of carbonyl (C=O) groups is 1. The SMILES string of the molecule is CCOC(=O)C(C=NCc1ccccc1)=C(O)c1ccccc1F. The fourth-order valence-electron chi connectivity index (χ4n) is 2.04. The second-order valence-corrected chi connectivity index (χ2v) is 4.92. The molecule has 1 N–H and O–H groups in total. The van der Waals surface area contributed by atoms with E-state index in [0.29, 0.717) is 6.54 Å². The van der Waals surface area contributed by atoms with Crippen molar-refractivity contribution >= 4 is 17.9 Å². The Morgan fingerprint density at radius 3 is 2.50 bits per heavy atom. The maximum atomic E-state index is 13.8. The molecule has 5 heteroatoms. The zero-order valence-corrected chi connectivity index (χ0v) is 13.3. The number of rotatable bonds is 6. The maximum absolute atomic E-state index is 13.8. The minimum absolute atomic E-state index is 0.0771. The summed E-state index contributed by atoms with van der Waals surface area (Å²) in [5, 5.41) is 10.3. The predicted molar refractivity (Wildman–Crippen MR) is 91.2 cm³/mol. The Kier molecular flexibility index (Phi) is 6.25. The van der Waals surface area contributed by atoms with Crippen LogP contribution in [0.15, 0.2) is 65.2 Å². The van der Waals surface area contributed by atoms with E-state index in [1.165, 1.54) is 24.4 Å². The summed E-state index contributed by atoms with van der Waals surface area (Å²) < 4.78 is 18.8. The molecule has 2 aromatic carbocycles. The Morgan fingerprint density at radius 1 is 1.17 bits per heavy atom. The average Bonchev–Trinajstić information content (AvgIpc) is 2.60. The van der Waals surface area contributed by atoms with Gasteiger partial charge in [-0.25, -0.2) is 9.18 Å². The first-order valence-electron chi connectivity index (χ1n) is 7.52. The van der Waals surface area contributed by atoms with Gasteiger partial charge in [-0.3, -0.25) is 4.99 Å². The largest absolute Gasteiger partial charge is 0.506 e. The van der Waals surface area contributed by atoms with Crippen molar-refractivity contribution in [2.45, 2.75) is 13.5 Å². The van der Waals surface area contributed by atoms with Gasteiger partial charge >= 0.3 is 5.97 Å². The Hall–Kier alpha value is -2.95. The quantitative estimate of drug-likeness (QED) is 0.378. The van der Waals surface area contributed by atoms with Crippen molar-refractivity contribution in [3.8, 4) is 0 Å². The van der Waals surface area contributed by atoms with E-state index in [1.54, 1.807) is 13.0 Å². The first kappa shape index (κ1) is 17.4. The molecule has 4 nitrogen and oxygen atoms in total. The molecule has 0 fully saturated rings. The van der Waals surface area contributed by atoms with Crippen LogP contribution in [0.3, 0.4) is 0 Å². The van der Waals surface area contributed by atoms with Crippen LogP contribution >= 0.6 is 0 Å². The van der Waals surface area contributed by atoms with Gasteiger partial charge in [0.2, 0.25) is 0 Å². The van der Waals surface area contributed by atoms with Crippen LogP contribution in [-0.4, -0.2) is 23.9 Å². The molecule has 0 aliphatic rings. The van der Waals surface area contributed by atoms with E-state index in [0.717, 1.165) is 5.56 Å². The molecule has 0 aliphatic heterocycles. The number of aliphatic imine (C=N–C) groups is 1. The second-order valence-electron chi connectivity index (χ2n) is 4.92. The number of hydrogen-bond acceptors (Lipinski definition) is 4. The molecule has 0 unspecified atom stereocenters. The van der Waals surface area contributed by atoms with Crippen molar-refractivity contribution < 1.29 is 19.0 Å². The summed E-state index contributed by atoms with van der Waals surface area (Å²) in [6.07, 6.45) is 1.22. The van der Waals surface area contributed by atoms with Gasteiger partial charge in [-0.1, -0.05) is 42.5 Å². The molecule has 0 spiro atoms. The van der Waals surface area contributed by atoms with Gasteiger partial charge in [0.15, 0.2) is 0 Å². The van der Waals surface area contributed by atoms with Gasteiger partial charge in [-0.05, 0) is 24.6 Å². The van der Waals surface area contributed by atoms with Gasteiger partial charge in [0, 0.05) is 6.21 Å². The summed E-state index contributed by atoms with van der Waals surface area (Å²) in [5.41, 5.74) is 0.687. The van der Waals surface area contributed by atoms with Crippen LogP contribution in [0.1, 0.15) is 18.1 Å². The van der Waals surface area contributed by atoms with E-state index < -0.39 is 17.5 Å². The van der Waals surface area contributed by atoms with Crippen LogP contribution in [0.2, 0.25) is 0 Å². The average molecular weight is 327 g/mol. The lowest BCUT2D eigenvalue weighted by Gasteiger charge is -2.07. The highest BCUT2D eigenvalue weighted by atomic mass is 19.1. The molecule has 0 radical (unpaired) electrons. The summed E-state index contributed by atoms with van der Waals surface area (Å²) in [6, 6.07) is 15.1. The third-order valence-electron chi connectivity index (χ3n) is 3.22. The number of esters is 1. The zero-order valence-electron chi connectivity index (χ0n) is 13.3. The zero-order chi connectivity index (χ0) is 17.4. The molecule has 0 amide bonds. The number of carbonyl (C=O) groups excluding carboxylic acids is 1. The standard InChI is InChI=1S/C19H18FNO3/c1-2-24-19(23)16(13-21-12-14-8-4-3-5-9-14)18(22)15-10-6-7-11-17(15)20/h3-11,13,22H,2,12H2,1H3. The number of halogens is 1. The van der Waals surface area contributed by atoms with Crippen LogP contribution in [-0.2, 0) is 16.1 Å². The van der Waals surface area contributed by atoms with Gasteiger partial charge in [0.25, 0.3) is 0 Å². The highest BCUT2D eigenvalue weighted by Gasteiger charge is 2.18. The normalized spacial score (nSPS) is 12.1. The molecule has 124 valence electrons. The first-order chi connectivity index (χ1) is 11.6. The number of ether oxygens (including phenoxy) is 1. The number of benzene rings is 2. The van der Waals surface area contributed by atoms with Gasteiger partial charge in [-0.2, -0.15) is 0 Å². The molecule has 0 heterocycles. The number of aliphatic hydroxyl groups is 1. The lowest BCUT2D eigenvalue weighted by atomic mass is 10.1. The molecule has 0 aliphatic carbocycles. The fraction of sp³-hybridized carbons (Fsp3) is 0.158. The van der Waals surface area contributed by atoms with Crippen LogP contribution in [0.4, 0.5) is 4.39 Å². The van der Waals surface area contributed by atoms with Gasteiger partial charge in [0.05, 0.1) is 18.7 Å². The Labute approximate surface area is 139 Å². The topological polar surface area (TPSA) is 58.9 Å². The van der Waals surface area contributed by atoms with Crippen molar-refractivity contribution in [3.63, 3.8) is 0 Å². The Balaban J connectivity index is 2.32. The highest BCUT2D eigenvalue weighted by molar-refractivity contribution is 6.15. The summed E-state index contributed by atoms with van der Waals surface area (Å²) in [7, 11) is 0. The summed E-state index contributed by atoms with van der Waals surface area (Å²) in [4.78, 5) is 16.2. The third kappa shape index (κ3) is 4.52. The number of nitrogens with zero attached hydrogens (tertiary/aromatic N) is 1. The molecule has 24 heavy (non-hydrogen) atoms. The van der Waals surface area contributed by atoms with E-state index in [9.17, 15) is 14.3 Å². The smallest absolute Gasteiger partial charge is 0.343 e. The minimum Gasteiger partial charge on any atom is -0.506 e. The highest BCUT2D eigenvalue weighted by Crippen LogP contribution is 2.19. The Bertz CT molecular complexity index is 754. The molecular formula is C19H18FNO3. The number of aliphatic hydroxyl groups excluding tert-OH is 1. The molecule has 0 atom stereocenters. The van der Waals surface area contributed by atoms with Crippen molar-refractivity contribution in [1.29, 1.82) is 0 Å². The van der Waals surface area contributed by atoms with Gasteiger partial charge in [-0.15, -0.1) is 0 Å². The summed E-state index contributed by atoms with van der Waals surface area (Å²) in [5.74, 6) is -1.88. The molecular weight excluding hydrogens is 309 g/mol. The van der Waals surface area contributed by atoms with Crippen LogP contribution in [0, 0.1) is 5.82 Å². The maximum Gasteiger partial charge on any atom is 0.343 e. The molecule has 0 saturated heterocycles. The fourth-order valence-corrected chi connectivity index (χ4v) is 2.04. The molecule has 0 aromatic heterocycles.